The van der Waals surface area contributed by atoms with Crippen LogP contribution in [-0.4, -0.2) is 12.1 Å². The van der Waals surface area contributed by atoms with E-state index in [0.717, 1.165) is 22.4 Å². The van der Waals surface area contributed by atoms with Crippen LogP contribution in [0.2, 0.25) is 0 Å². The van der Waals surface area contributed by atoms with Crippen molar-refractivity contribution in [3.63, 3.8) is 0 Å². The third-order valence-electron chi connectivity index (χ3n) is 2.81. The summed E-state index contributed by atoms with van der Waals surface area (Å²) in [6.45, 7) is 13.2. The highest BCUT2D eigenvalue weighted by Crippen LogP contribution is 2.37. The van der Waals surface area contributed by atoms with Crippen molar-refractivity contribution in [2.75, 3.05) is 0 Å². The van der Waals surface area contributed by atoms with E-state index in [1.54, 1.807) is 0 Å². The molecule has 0 radical (unpaired) electrons. The van der Waals surface area contributed by atoms with Crippen LogP contribution < -0.4 is 4.74 Å². The Kier molecular flexibility index (Phi) is 4.61. The van der Waals surface area contributed by atoms with Crippen LogP contribution in [0.25, 0.3) is 0 Å². The smallest absolute Gasteiger partial charge is 0.303 e. The Morgan fingerprint density at radius 1 is 1.21 bits per heavy atom. The lowest BCUT2D eigenvalue weighted by Gasteiger charge is -2.29. The summed E-state index contributed by atoms with van der Waals surface area (Å²) in [6, 6.07) is 4.07. The van der Waals surface area contributed by atoms with Crippen molar-refractivity contribution in [2.24, 2.45) is 0 Å². The van der Waals surface area contributed by atoms with Gasteiger partial charge in [-0.1, -0.05) is 6.07 Å². The van der Waals surface area contributed by atoms with Gasteiger partial charge in [0.1, 0.15) is 11.4 Å². The lowest BCUT2D eigenvalue weighted by atomic mass is 9.91. The Balaban J connectivity index is 3.35. The van der Waals surface area contributed by atoms with E-state index in [9.17, 15) is 4.79 Å². The lowest BCUT2D eigenvalue weighted by molar-refractivity contribution is -0.154. The minimum atomic E-state index is -0.701. The van der Waals surface area contributed by atoms with Crippen molar-refractivity contribution in [1.82, 2.24) is 0 Å². The second kappa shape index (κ2) is 5.64. The Bertz CT molecular complexity index is 473. The standard InChI is InChI=1S/C16H24O3/c1-10(2)18-14-9-11(3)8-12(4)15(14)16(6,7)19-13(5)17/h8-10H,1-7H3. The van der Waals surface area contributed by atoms with Crippen molar-refractivity contribution in [1.29, 1.82) is 0 Å². The van der Waals surface area contributed by atoms with E-state index in [-0.39, 0.29) is 12.1 Å². The normalized spacial score (nSPS) is 11.6. The topological polar surface area (TPSA) is 35.5 Å². The molecule has 0 spiro atoms. The fourth-order valence-electron chi connectivity index (χ4n) is 2.46. The molecule has 0 aliphatic carbocycles. The summed E-state index contributed by atoms with van der Waals surface area (Å²) in [5, 5.41) is 0. The van der Waals surface area contributed by atoms with Crippen LogP contribution in [0.3, 0.4) is 0 Å². The van der Waals surface area contributed by atoms with Gasteiger partial charge in [0, 0.05) is 12.5 Å². The SMILES string of the molecule is CC(=O)OC(C)(C)c1c(C)cc(C)cc1OC(C)C. The maximum absolute atomic E-state index is 11.3. The maximum atomic E-state index is 11.3. The molecule has 1 aromatic rings. The summed E-state index contributed by atoms with van der Waals surface area (Å²) >= 11 is 0. The molecule has 106 valence electrons. The molecule has 0 amide bonds. The van der Waals surface area contributed by atoms with Crippen molar-refractivity contribution in [3.05, 3.63) is 28.8 Å². The van der Waals surface area contributed by atoms with E-state index in [2.05, 4.69) is 6.07 Å². The van der Waals surface area contributed by atoms with Crippen LogP contribution in [-0.2, 0) is 15.1 Å². The van der Waals surface area contributed by atoms with Crippen LogP contribution in [0.4, 0.5) is 0 Å². The molecule has 0 saturated heterocycles. The molecule has 19 heavy (non-hydrogen) atoms. The Labute approximate surface area is 115 Å². The molecule has 3 nitrogen and oxygen atoms in total. The number of hydrogen-bond donors (Lipinski definition) is 0. The summed E-state index contributed by atoms with van der Waals surface area (Å²) < 4.78 is 11.3. The van der Waals surface area contributed by atoms with Crippen molar-refractivity contribution >= 4 is 5.97 Å². The average Bonchev–Trinajstić information content (AvgIpc) is 2.10. The number of carbonyl (C=O) groups excluding carboxylic acids is 1. The number of rotatable bonds is 4. The van der Waals surface area contributed by atoms with E-state index >= 15 is 0 Å². The van der Waals surface area contributed by atoms with Crippen molar-refractivity contribution < 1.29 is 14.3 Å². The minimum Gasteiger partial charge on any atom is -0.491 e. The third kappa shape index (κ3) is 3.98. The predicted molar refractivity (Wildman–Crippen MR) is 76.5 cm³/mol. The number of aryl methyl sites for hydroxylation is 2. The van der Waals surface area contributed by atoms with Crippen LogP contribution in [0.5, 0.6) is 5.75 Å². The van der Waals surface area contributed by atoms with Crippen molar-refractivity contribution in [2.45, 2.75) is 60.2 Å². The number of hydrogen-bond acceptors (Lipinski definition) is 3. The molecule has 0 bridgehead atoms. The zero-order valence-corrected chi connectivity index (χ0v) is 13.0. The maximum Gasteiger partial charge on any atom is 0.303 e. The third-order valence-corrected chi connectivity index (χ3v) is 2.81. The van der Waals surface area contributed by atoms with Gasteiger partial charge in [-0.15, -0.1) is 0 Å². The van der Waals surface area contributed by atoms with Crippen molar-refractivity contribution in [3.8, 4) is 5.75 Å². The summed E-state index contributed by atoms with van der Waals surface area (Å²) in [5.74, 6) is 0.499. The van der Waals surface area contributed by atoms with Gasteiger partial charge in [-0.3, -0.25) is 4.79 Å². The van der Waals surface area contributed by atoms with E-state index < -0.39 is 5.60 Å². The van der Waals surface area contributed by atoms with E-state index in [4.69, 9.17) is 9.47 Å². The number of esters is 1. The van der Waals surface area contributed by atoms with Gasteiger partial charge in [0.05, 0.1) is 6.10 Å². The Morgan fingerprint density at radius 2 is 1.79 bits per heavy atom. The molecule has 0 atom stereocenters. The Morgan fingerprint density at radius 3 is 2.26 bits per heavy atom. The highest BCUT2D eigenvalue weighted by Gasteiger charge is 2.30. The monoisotopic (exact) mass is 264 g/mol. The van der Waals surface area contributed by atoms with Gasteiger partial charge < -0.3 is 9.47 Å². The lowest BCUT2D eigenvalue weighted by Crippen LogP contribution is -2.27. The second-order valence-electron chi connectivity index (χ2n) is 5.73. The second-order valence-corrected chi connectivity index (χ2v) is 5.73. The van der Waals surface area contributed by atoms with Gasteiger partial charge >= 0.3 is 5.97 Å². The molecule has 0 saturated carbocycles. The van der Waals surface area contributed by atoms with Crippen LogP contribution in [0.15, 0.2) is 12.1 Å². The largest absolute Gasteiger partial charge is 0.491 e. The van der Waals surface area contributed by atoms with Gasteiger partial charge in [0.25, 0.3) is 0 Å². The fourth-order valence-corrected chi connectivity index (χ4v) is 2.46. The molecule has 0 aromatic heterocycles. The van der Waals surface area contributed by atoms with Gasteiger partial charge in [-0.25, -0.2) is 0 Å². The van der Waals surface area contributed by atoms with Crippen LogP contribution >= 0.6 is 0 Å². The molecule has 0 unspecified atom stereocenters. The number of ether oxygens (including phenoxy) is 2. The molecule has 0 N–H and O–H groups in total. The highest BCUT2D eigenvalue weighted by molar-refractivity contribution is 5.67. The Hall–Kier alpha value is -1.51. The predicted octanol–water partition coefficient (Wildman–Crippen LogP) is 3.89. The zero-order valence-electron chi connectivity index (χ0n) is 13.0. The molecular weight excluding hydrogens is 240 g/mol. The first-order valence-corrected chi connectivity index (χ1v) is 6.61. The van der Waals surface area contributed by atoms with Gasteiger partial charge in [0.2, 0.25) is 0 Å². The number of benzene rings is 1. The molecule has 1 aromatic carbocycles. The quantitative estimate of drug-likeness (QED) is 0.774. The highest BCUT2D eigenvalue weighted by atomic mass is 16.6. The summed E-state index contributed by atoms with van der Waals surface area (Å²) in [7, 11) is 0. The molecule has 0 aliphatic heterocycles. The molecular formula is C16H24O3. The van der Waals surface area contributed by atoms with Gasteiger partial charge in [-0.2, -0.15) is 0 Å². The molecule has 3 heteroatoms. The summed E-state index contributed by atoms with van der Waals surface area (Å²) in [4.78, 5) is 11.3. The summed E-state index contributed by atoms with van der Waals surface area (Å²) in [5.41, 5.74) is 2.44. The number of carbonyl (C=O) groups is 1. The molecule has 0 fully saturated rings. The van der Waals surface area contributed by atoms with Gasteiger partial charge in [0.15, 0.2) is 0 Å². The van der Waals surface area contributed by atoms with E-state index in [1.807, 2.05) is 47.6 Å². The van der Waals surface area contributed by atoms with Crippen LogP contribution in [0.1, 0.15) is 51.3 Å². The first-order chi connectivity index (χ1) is 8.63. The first kappa shape index (κ1) is 15.5. The molecule has 0 heterocycles. The minimum absolute atomic E-state index is 0.0769. The fraction of sp³-hybridized carbons (Fsp3) is 0.562. The molecule has 1 rings (SSSR count). The van der Waals surface area contributed by atoms with Crippen LogP contribution in [0, 0.1) is 13.8 Å². The van der Waals surface area contributed by atoms with Gasteiger partial charge in [-0.05, 0) is 58.7 Å². The first-order valence-electron chi connectivity index (χ1n) is 6.61. The average molecular weight is 264 g/mol. The molecule has 0 aliphatic rings. The van der Waals surface area contributed by atoms with E-state index in [1.165, 1.54) is 6.92 Å². The van der Waals surface area contributed by atoms with E-state index in [0.29, 0.717) is 0 Å². The zero-order chi connectivity index (χ0) is 14.8. The summed E-state index contributed by atoms with van der Waals surface area (Å²) in [6.07, 6.45) is 0.0769.